The summed E-state index contributed by atoms with van der Waals surface area (Å²) in [6.45, 7) is 6.40. The predicted octanol–water partition coefficient (Wildman–Crippen LogP) is 14.5. The number of ether oxygens (including phenoxy) is 3. The van der Waals surface area contributed by atoms with Crippen molar-refractivity contribution in [3.63, 3.8) is 0 Å². The second-order valence-electron chi connectivity index (χ2n) is 14.9. The Morgan fingerprint density at radius 3 is 1.31 bits per heavy atom. The molecule has 6 heteroatoms. The second-order valence-corrected chi connectivity index (χ2v) is 14.9. The van der Waals surface area contributed by atoms with Gasteiger partial charge in [0.1, 0.15) is 13.2 Å². The first-order valence-electron chi connectivity index (χ1n) is 22.8. The molecule has 0 aliphatic heterocycles. The molecule has 316 valence electrons. The lowest BCUT2D eigenvalue weighted by molar-refractivity contribution is -0.167. The van der Waals surface area contributed by atoms with Gasteiger partial charge in [-0.1, -0.05) is 159 Å². The normalized spacial score (nSPS) is 12.6. The molecule has 0 bridgehead atoms. The van der Waals surface area contributed by atoms with Crippen LogP contribution in [0, 0.1) is 0 Å². The molecule has 0 aliphatic carbocycles. The van der Waals surface area contributed by atoms with E-state index < -0.39 is 6.10 Å². The van der Waals surface area contributed by atoms with Crippen molar-refractivity contribution in [1.29, 1.82) is 0 Å². The van der Waals surface area contributed by atoms with Gasteiger partial charge in [0.25, 0.3) is 0 Å². The van der Waals surface area contributed by atoms with Crippen LogP contribution in [0.5, 0.6) is 0 Å². The molecule has 0 aromatic rings. The smallest absolute Gasteiger partial charge is 0.306 e. The number of esters is 3. The molecule has 0 aromatic carbocycles. The fraction of sp³-hybridized carbons (Fsp3) is 0.735. The van der Waals surface area contributed by atoms with E-state index in [-0.39, 0.29) is 31.1 Å². The zero-order valence-corrected chi connectivity index (χ0v) is 35.9. The molecular formula is C49H84O6. The van der Waals surface area contributed by atoms with Crippen molar-refractivity contribution in [3.05, 3.63) is 60.8 Å². The van der Waals surface area contributed by atoms with E-state index in [9.17, 15) is 14.4 Å². The minimum absolute atomic E-state index is 0.0973. The fourth-order valence-corrected chi connectivity index (χ4v) is 6.05. The van der Waals surface area contributed by atoms with Gasteiger partial charge in [-0.2, -0.15) is 0 Å². The Balaban J connectivity index is 4.42. The summed E-state index contributed by atoms with van der Waals surface area (Å²) < 4.78 is 16.6. The molecule has 1 unspecified atom stereocenters. The molecule has 1 atom stereocenters. The molecule has 0 heterocycles. The number of carbonyl (C=O) groups excluding carboxylic acids is 3. The summed E-state index contributed by atoms with van der Waals surface area (Å²) in [5, 5.41) is 0. The Kier molecular flexibility index (Phi) is 41.5. The maximum atomic E-state index is 12.7. The first kappa shape index (κ1) is 52.1. The van der Waals surface area contributed by atoms with Crippen LogP contribution in [0.4, 0.5) is 0 Å². The van der Waals surface area contributed by atoms with Crippen LogP contribution in [-0.2, 0) is 28.6 Å². The van der Waals surface area contributed by atoms with E-state index in [0.29, 0.717) is 19.3 Å². The largest absolute Gasteiger partial charge is 0.462 e. The van der Waals surface area contributed by atoms with Crippen LogP contribution in [0.15, 0.2) is 60.8 Å². The minimum atomic E-state index is -0.796. The molecule has 0 aromatic heterocycles. The zero-order valence-electron chi connectivity index (χ0n) is 35.9. The summed E-state index contributed by atoms with van der Waals surface area (Å²) in [6.07, 6.45) is 52.1. The lowest BCUT2D eigenvalue weighted by atomic mass is 10.1. The number of carbonyl (C=O) groups is 3. The lowest BCUT2D eigenvalue weighted by Crippen LogP contribution is -2.30. The van der Waals surface area contributed by atoms with Crippen LogP contribution in [0.1, 0.15) is 213 Å². The first-order chi connectivity index (χ1) is 27.0. The Morgan fingerprint density at radius 2 is 0.764 bits per heavy atom. The van der Waals surface area contributed by atoms with E-state index in [4.69, 9.17) is 14.2 Å². The van der Waals surface area contributed by atoms with E-state index in [0.717, 1.165) is 89.9 Å². The van der Waals surface area contributed by atoms with E-state index in [1.54, 1.807) is 0 Å². The SMILES string of the molecule is CC/C=C\C/C=C\CCCCC(=O)OCC(COC(=O)CCCCCCCC/C=C\C=C/CCCCC)OC(=O)CCCCC/C=C\CCCCCCCC. The molecule has 0 saturated carbocycles. The van der Waals surface area contributed by atoms with Crippen LogP contribution in [0.2, 0.25) is 0 Å². The molecular weight excluding hydrogens is 685 g/mol. The standard InChI is InChI=1S/C49H84O6/c1-4-7-10-13-16-19-21-23-24-26-27-30-33-36-39-42-48(51)54-45-46(44-53-47(50)41-38-35-32-29-18-15-12-9-6-3)55-49(52)43-40-37-34-31-28-25-22-20-17-14-11-8-5-2/h9,12,16,18-19,21,23,25,28-29,46H,4-8,10-11,13-15,17,20,22,24,26-27,30-45H2,1-3H3/b12-9-,19-16-,23-21-,28-25-,29-18-. The van der Waals surface area contributed by atoms with E-state index in [1.807, 2.05) is 0 Å². The van der Waals surface area contributed by atoms with Crippen molar-refractivity contribution < 1.29 is 28.6 Å². The molecule has 6 nitrogen and oxygen atoms in total. The van der Waals surface area contributed by atoms with Gasteiger partial charge < -0.3 is 14.2 Å². The highest BCUT2D eigenvalue weighted by Crippen LogP contribution is 2.12. The summed E-state index contributed by atoms with van der Waals surface area (Å²) in [5.41, 5.74) is 0. The summed E-state index contributed by atoms with van der Waals surface area (Å²) in [5.74, 6) is -0.967. The van der Waals surface area contributed by atoms with Gasteiger partial charge in [-0.3, -0.25) is 14.4 Å². The quantitative estimate of drug-likeness (QED) is 0.0203. The van der Waals surface area contributed by atoms with E-state index in [2.05, 4.69) is 81.5 Å². The zero-order chi connectivity index (χ0) is 40.1. The topological polar surface area (TPSA) is 78.9 Å². The van der Waals surface area contributed by atoms with Crippen LogP contribution in [0.3, 0.4) is 0 Å². The highest BCUT2D eigenvalue weighted by molar-refractivity contribution is 5.71. The molecule has 0 fully saturated rings. The van der Waals surface area contributed by atoms with Gasteiger partial charge in [0, 0.05) is 19.3 Å². The molecule has 0 aliphatic rings. The maximum absolute atomic E-state index is 12.7. The van der Waals surface area contributed by atoms with Crippen molar-refractivity contribution in [2.45, 2.75) is 219 Å². The molecule has 0 N–H and O–H groups in total. The molecule has 0 rings (SSSR count). The van der Waals surface area contributed by atoms with E-state index in [1.165, 1.54) is 83.5 Å². The van der Waals surface area contributed by atoms with Crippen molar-refractivity contribution >= 4 is 17.9 Å². The summed E-state index contributed by atoms with van der Waals surface area (Å²) in [4.78, 5) is 37.7. The highest BCUT2D eigenvalue weighted by atomic mass is 16.6. The van der Waals surface area contributed by atoms with Gasteiger partial charge in [-0.25, -0.2) is 0 Å². The number of unbranched alkanes of at least 4 members (excludes halogenated alkanes) is 20. The van der Waals surface area contributed by atoms with Gasteiger partial charge in [0.15, 0.2) is 6.10 Å². The number of hydrogen-bond acceptors (Lipinski definition) is 6. The highest BCUT2D eigenvalue weighted by Gasteiger charge is 2.19. The van der Waals surface area contributed by atoms with Crippen LogP contribution in [0.25, 0.3) is 0 Å². The number of allylic oxidation sites excluding steroid dienone is 10. The average molecular weight is 769 g/mol. The summed E-state index contributed by atoms with van der Waals surface area (Å²) in [6, 6.07) is 0. The van der Waals surface area contributed by atoms with Gasteiger partial charge in [-0.15, -0.1) is 0 Å². The number of hydrogen-bond donors (Lipinski definition) is 0. The molecule has 0 amide bonds. The summed E-state index contributed by atoms with van der Waals surface area (Å²) >= 11 is 0. The Hall–Kier alpha value is -2.89. The van der Waals surface area contributed by atoms with Gasteiger partial charge in [0.05, 0.1) is 0 Å². The predicted molar refractivity (Wildman–Crippen MR) is 233 cm³/mol. The van der Waals surface area contributed by atoms with E-state index >= 15 is 0 Å². The average Bonchev–Trinajstić information content (AvgIpc) is 3.18. The monoisotopic (exact) mass is 769 g/mol. The molecule has 0 spiro atoms. The minimum Gasteiger partial charge on any atom is -0.462 e. The van der Waals surface area contributed by atoms with Crippen molar-refractivity contribution in [2.24, 2.45) is 0 Å². The fourth-order valence-electron chi connectivity index (χ4n) is 6.05. The van der Waals surface area contributed by atoms with Crippen LogP contribution in [-0.4, -0.2) is 37.2 Å². The first-order valence-corrected chi connectivity index (χ1v) is 22.8. The van der Waals surface area contributed by atoms with Crippen LogP contribution >= 0.6 is 0 Å². The third-order valence-electron chi connectivity index (χ3n) is 9.50. The summed E-state index contributed by atoms with van der Waals surface area (Å²) in [7, 11) is 0. The Labute approximate surface area is 339 Å². The lowest BCUT2D eigenvalue weighted by Gasteiger charge is -2.18. The van der Waals surface area contributed by atoms with Crippen molar-refractivity contribution in [2.75, 3.05) is 13.2 Å². The second kappa shape index (κ2) is 43.8. The van der Waals surface area contributed by atoms with Gasteiger partial charge >= 0.3 is 17.9 Å². The van der Waals surface area contributed by atoms with Gasteiger partial charge in [-0.05, 0) is 96.3 Å². The molecule has 55 heavy (non-hydrogen) atoms. The molecule has 0 saturated heterocycles. The van der Waals surface area contributed by atoms with Gasteiger partial charge in [0.2, 0.25) is 0 Å². The Bertz CT molecular complexity index is 1020. The third kappa shape index (κ3) is 42.1. The third-order valence-corrected chi connectivity index (χ3v) is 9.50. The molecule has 0 radical (unpaired) electrons. The number of rotatable bonds is 40. The van der Waals surface area contributed by atoms with Crippen molar-refractivity contribution in [1.82, 2.24) is 0 Å². The van der Waals surface area contributed by atoms with Crippen molar-refractivity contribution in [3.8, 4) is 0 Å². The van der Waals surface area contributed by atoms with Crippen LogP contribution < -0.4 is 0 Å². The maximum Gasteiger partial charge on any atom is 0.306 e. The Morgan fingerprint density at radius 1 is 0.400 bits per heavy atom.